The summed E-state index contributed by atoms with van der Waals surface area (Å²) in [6.07, 6.45) is 0. The van der Waals surface area contributed by atoms with Crippen LogP contribution in [0.25, 0.3) is 55.6 Å². The molecule has 0 fully saturated rings. The molecule has 0 unspecified atom stereocenters. The molecule has 4 nitrogen and oxygen atoms in total. The van der Waals surface area contributed by atoms with Crippen LogP contribution in [0.4, 0.5) is 17.1 Å². The van der Waals surface area contributed by atoms with Gasteiger partial charge in [-0.1, -0.05) is 181 Å². The Kier molecular flexibility index (Phi) is 9.33. The van der Waals surface area contributed by atoms with Gasteiger partial charge in [-0.05, 0) is 91.8 Å². The summed E-state index contributed by atoms with van der Waals surface area (Å²) in [5, 5.41) is 33.1. The molecule has 0 bridgehead atoms. The monoisotopic (exact) mass is 816 g/mol. The predicted octanol–water partition coefficient (Wildman–Crippen LogP) is 12.4. The molecule has 11 rings (SSSR count). The first-order chi connectivity index (χ1) is 31.1. The van der Waals surface area contributed by atoms with Crippen molar-refractivity contribution < 1.29 is 0 Å². The molecule has 0 radical (unpaired) electrons. The highest BCUT2D eigenvalue weighted by atomic mass is 32.2. The zero-order chi connectivity index (χ0) is 42.4. The average molecular weight is 817 g/mol. The zero-order valence-corrected chi connectivity index (χ0v) is 34.6. The zero-order valence-electron chi connectivity index (χ0n) is 33.8. The van der Waals surface area contributed by atoms with E-state index >= 15 is 0 Å². The van der Waals surface area contributed by atoms with Crippen molar-refractivity contribution in [2.24, 2.45) is 0 Å². The van der Waals surface area contributed by atoms with Gasteiger partial charge in [-0.3, -0.25) is 0 Å². The van der Waals surface area contributed by atoms with Crippen molar-refractivity contribution in [1.29, 1.82) is 15.8 Å². The van der Waals surface area contributed by atoms with Crippen LogP contribution in [0.2, 0.25) is 0 Å². The van der Waals surface area contributed by atoms with E-state index in [0.717, 1.165) is 98.9 Å². The molecule has 2 aliphatic heterocycles. The minimum atomic E-state index is -0.415. The molecular weight excluding hydrogens is 784 g/mol. The number of nitriles is 3. The van der Waals surface area contributed by atoms with Crippen molar-refractivity contribution in [2.45, 2.75) is 9.79 Å². The molecule has 2 aliphatic rings. The molecule has 0 spiro atoms. The Morgan fingerprint density at radius 3 is 1.27 bits per heavy atom. The topological polar surface area (TPSA) is 74.6 Å². The number of fused-ring (bicyclic) bond motifs is 4. The van der Waals surface area contributed by atoms with Crippen LogP contribution < -0.4 is 21.3 Å². The van der Waals surface area contributed by atoms with E-state index in [1.165, 1.54) is 11.8 Å². The molecule has 63 heavy (non-hydrogen) atoms. The molecule has 9 aromatic carbocycles. The summed E-state index contributed by atoms with van der Waals surface area (Å²) in [6, 6.07) is 76.4. The number of nitrogens with zero attached hydrogens (tertiary/aromatic N) is 4. The molecule has 0 N–H and O–H groups in total. The Labute approximate surface area is 371 Å². The maximum atomic E-state index is 11.5. The lowest BCUT2D eigenvalue weighted by Gasteiger charge is -2.42. The van der Waals surface area contributed by atoms with Crippen molar-refractivity contribution in [1.82, 2.24) is 0 Å². The highest BCUT2D eigenvalue weighted by Crippen LogP contribution is 2.52. The minimum Gasteiger partial charge on any atom is -0.309 e. The van der Waals surface area contributed by atoms with Gasteiger partial charge in [0, 0.05) is 26.6 Å². The van der Waals surface area contributed by atoms with Crippen LogP contribution >= 0.6 is 11.8 Å². The summed E-state index contributed by atoms with van der Waals surface area (Å²) in [5.74, 6) is 0. The average Bonchev–Trinajstić information content (AvgIpc) is 3.36. The molecule has 0 saturated carbocycles. The summed E-state index contributed by atoms with van der Waals surface area (Å²) in [5.41, 5.74) is 17.1. The second-order valence-electron chi connectivity index (χ2n) is 15.7. The number of benzene rings is 9. The Balaban J connectivity index is 1.31. The molecule has 6 heteroatoms. The fourth-order valence-corrected chi connectivity index (χ4v) is 10.7. The van der Waals surface area contributed by atoms with Gasteiger partial charge >= 0.3 is 0 Å². The van der Waals surface area contributed by atoms with Crippen molar-refractivity contribution in [2.75, 3.05) is 4.90 Å². The van der Waals surface area contributed by atoms with E-state index in [1.54, 1.807) is 0 Å². The number of rotatable bonds is 6. The summed E-state index contributed by atoms with van der Waals surface area (Å²) < 4.78 is 0. The smallest absolute Gasteiger partial charge is 0.249 e. The Morgan fingerprint density at radius 2 is 0.794 bits per heavy atom. The van der Waals surface area contributed by atoms with Gasteiger partial charge in [0.05, 0.1) is 28.1 Å². The standard InChI is InChI=1S/C57H33BN4S/c59-34-42-26-27-52-53-57(42)63-56-47(36-61)29-44(38-18-8-2-9-19-38)33-51(56)58(53)50-32-43(37-16-6-1-7-17-37)28-46(35-60)54(50)62(52)55-48(40-22-12-4-13-23-40)30-45(39-20-10-3-11-21-39)31-49(55)41-24-14-5-15-25-41/h1-33H. The van der Waals surface area contributed by atoms with Crippen molar-refractivity contribution >= 4 is 51.9 Å². The Hall–Kier alpha value is -8.34. The van der Waals surface area contributed by atoms with Gasteiger partial charge in [-0.2, -0.15) is 15.8 Å². The summed E-state index contributed by atoms with van der Waals surface area (Å²) in [6.45, 7) is -0.415. The van der Waals surface area contributed by atoms with Crippen LogP contribution in [0, 0.1) is 34.0 Å². The fourth-order valence-electron chi connectivity index (χ4n) is 9.41. The first kappa shape index (κ1) is 37.6. The lowest BCUT2D eigenvalue weighted by Crippen LogP contribution is -2.60. The van der Waals surface area contributed by atoms with Crippen molar-refractivity contribution in [3.05, 3.63) is 217 Å². The Bertz CT molecular complexity index is 3330. The van der Waals surface area contributed by atoms with E-state index in [0.29, 0.717) is 16.7 Å². The van der Waals surface area contributed by atoms with E-state index in [4.69, 9.17) is 0 Å². The molecule has 0 atom stereocenters. The van der Waals surface area contributed by atoms with Crippen LogP contribution in [-0.2, 0) is 0 Å². The molecule has 0 saturated heterocycles. The molecular formula is C57H33BN4S. The molecule has 2 heterocycles. The summed E-state index contributed by atoms with van der Waals surface area (Å²) >= 11 is 1.50. The third kappa shape index (κ3) is 6.31. The van der Waals surface area contributed by atoms with Crippen molar-refractivity contribution in [3.8, 4) is 73.8 Å². The summed E-state index contributed by atoms with van der Waals surface area (Å²) in [7, 11) is 0. The van der Waals surface area contributed by atoms with E-state index < -0.39 is 6.71 Å². The van der Waals surface area contributed by atoms with Gasteiger partial charge in [0.2, 0.25) is 6.71 Å². The molecule has 0 aromatic heterocycles. The molecule has 0 aliphatic carbocycles. The van der Waals surface area contributed by atoms with Gasteiger partial charge in [0.25, 0.3) is 0 Å². The third-order valence-electron chi connectivity index (χ3n) is 12.2. The SMILES string of the molecule is N#Cc1cc(-c2ccccc2)cc2c1Sc1c(C#N)ccc3c1B2c1cc(-c2ccccc2)cc(C#N)c1N3c1c(-c2ccccc2)cc(-c2ccccc2)cc1-c1ccccc1. The normalized spacial score (nSPS) is 12.0. The summed E-state index contributed by atoms with van der Waals surface area (Å²) in [4.78, 5) is 3.95. The van der Waals surface area contributed by atoms with Crippen LogP contribution in [0.1, 0.15) is 16.7 Å². The minimum absolute atomic E-state index is 0.415. The third-order valence-corrected chi connectivity index (χ3v) is 13.5. The van der Waals surface area contributed by atoms with Gasteiger partial charge in [-0.25, -0.2) is 0 Å². The first-order valence-corrected chi connectivity index (χ1v) is 21.6. The number of anilines is 3. The maximum Gasteiger partial charge on any atom is 0.249 e. The van der Waals surface area contributed by atoms with E-state index in [9.17, 15) is 15.8 Å². The second-order valence-corrected chi connectivity index (χ2v) is 16.8. The fraction of sp³-hybridized carbons (Fsp3) is 0. The van der Waals surface area contributed by atoms with E-state index in [-0.39, 0.29) is 0 Å². The van der Waals surface area contributed by atoms with Crippen molar-refractivity contribution in [3.63, 3.8) is 0 Å². The Morgan fingerprint density at radius 1 is 0.365 bits per heavy atom. The largest absolute Gasteiger partial charge is 0.309 e. The molecule has 290 valence electrons. The lowest BCUT2D eigenvalue weighted by atomic mass is 9.34. The predicted molar refractivity (Wildman–Crippen MR) is 258 cm³/mol. The van der Waals surface area contributed by atoms with Crippen LogP contribution in [0.15, 0.2) is 210 Å². The quantitative estimate of drug-likeness (QED) is 0.156. The van der Waals surface area contributed by atoms with Crippen LogP contribution in [0.5, 0.6) is 0 Å². The van der Waals surface area contributed by atoms with Crippen LogP contribution in [0.3, 0.4) is 0 Å². The highest BCUT2D eigenvalue weighted by Gasteiger charge is 2.45. The first-order valence-electron chi connectivity index (χ1n) is 20.8. The van der Waals surface area contributed by atoms with E-state index in [1.807, 2.05) is 72.8 Å². The molecule has 9 aromatic rings. The van der Waals surface area contributed by atoms with E-state index in [2.05, 4.69) is 151 Å². The number of hydrogen-bond donors (Lipinski definition) is 0. The van der Waals surface area contributed by atoms with Gasteiger partial charge in [0.1, 0.15) is 18.2 Å². The highest BCUT2D eigenvalue weighted by molar-refractivity contribution is 8.00. The van der Waals surface area contributed by atoms with Gasteiger partial charge in [0.15, 0.2) is 0 Å². The van der Waals surface area contributed by atoms with Crippen LogP contribution in [-0.4, -0.2) is 6.71 Å². The van der Waals surface area contributed by atoms with Gasteiger partial charge < -0.3 is 4.90 Å². The lowest BCUT2D eigenvalue weighted by molar-refractivity contribution is 1.25. The molecule has 0 amide bonds. The number of hydrogen-bond acceptors (Lipinski definition) is 5. The second kappa shape index (κ2) is 15.6. The maximum absolute atomic E-state index is 11.5. The van der Waals surface area contributed by atoms with Gasteiger partial charge in [-0.15, -0.1) is 0 Å².